The zero-order valence-electron chi connectivity index (χ0n) is 7.65. The molecule has 0 radical (unpaired) electrons. The van der Waals surface area contributed by atoms with Crippen LogP contribution in [-0.4, -0.2) is 5.38 Å². The molecule has 0 saturated carbocycles. The van der Waals surface area contributed by atoms with Crippen LogP contribution in [-0.2, 0) is 0 Å². The van der Waals surface area contributed by atoms with E-state index in [-0.39, 0.29) is 10.8 Å². The van der Waals surface area contributed by atoms with Crippen molar-refractivity contribution in [1.29, 1.82) is 0 Å². The van der Waals surface area contributed by atoms with Gasteiger partial charge in [-0.3, -0.25) is 0 Å². The van der Waals surface area contributed by atoms with Gasteiger partial charge in [0, 0.05) is 11.8 Å². The van der Waals surface area contributed by atoms with Gasteiger partial charge in [-0.05, 0) is 18.3 Å². The van der Waals surface area contributed by atoms with Crippen LogP contribution in [0.3, 0.4) is 0 Å². The van der Waals surface area contributed by atoms with Gasteiger partial charge in [-0.1, -0.05) is 20.8 Å². The second-order valence-electron chi connectivity index (χ2n) is 3.93. The molecule has 11 heavy (non-hydrogen) atoms. The first-order valence-electron chi connectivity index (χ1n) is 4.06. The van der Waals surface area contributed by atoms with Gasteiger partial charge >= 0.3 is 0 Å². The SMILES string of the molecule is C#CCCCC(Cl)C(C)(C)C. The molecule has 0 spiro atoms. The Kier molecular flexibility index (Phi) is 4.61. The van der Waals surface area contributed by atoms with Crippen molar-refractivity contribution < 1.29 is 0 Å². The predicted octanol–water partition coefficient (Wildman–Crippen LogP) is 3.44. The number of unbranched alkanes of at least 4 members (excludes halogenated alkanes) is 1. The molecule has 1 atom stereocenters. The average Bonchev–Trinajstić information content (AvgIpc) is 1.86. The maximum Gasteiger partial charge on any atom is 0.0384 e. The van der Waals surface area contributed by atoms with Gasteiger partial charge in [-0.2, -0.15) is 0 Å². The lowest BCUT2D eigenvalue weighted by atomic mass is 9.89. The average molecular weight is 173 g/mol. The highest BCUT2D eigenvalue weighted by atomic mass is 35.5. The van der Waals surface area contributed by atoms with Crippen molar-refractivity contribution in [2.75, 3.05) is 0 Å². The second kappa shape index (κ2) is 4.67. The number of terminal acetylenes is 1. The molecular weight excluding hydrogens is 156 g/mol. The summed E-state index contributed by atoms with van der Waals surface area (Å²) < 4.78 is 0. The van der Waals surface area contributed by atoms with E-state index in [2.05, 4.69) is 26.7 Å². The Morgan fingerprint density at radius 1 is 1.45 bits per heavy atom. The van der Waals surface area contributed by atoms with E-state index in [0.29, 0.717) is 0 Å². The monoisotopic (exact) mass is 172 g/mol. The van der Waals surface area contributed by atoms with E-state index in [9.17, 15) is 0 Å². The summed E-state index contributed by atoms with van der Waals surface area (Å²) >= 11 is 6.12. The largest absolute Gasteiger partial charge is 0.122 e. The Balaban J connectivity index is 3.55. The molecule has 0 aromatic carbocycles. The molecule has 0 amide bonds. The van der Waals surface area contributed by atoms with E-state index < -0.39 is 0 Å². The lowest BCUT2D eigenvalue weighted by molar-refractivity contribution is 0.370. The summed E-state index contributed by atoms with van der Waals surface area (Å²) in [5.41, 5.74) is 0.205. The summed E-state index contributed by atoms with van der Waals surface area (Å²) in [4.78, 5) is 0. The Bertz CT molecular complexity index is 136. The van der Waals surface area contributed by atoms with Gasteiger partial charge < -0.3 is 0 Å². The topological polar surface area (TPSA) is 0 Å². The van der Waals surface area contributed by atoms with Crippen molar-refractivity contribution in [1.82, 2.24) is 0 Å². The van der Waals surface area contributed by atoms with Crippen LogP contribution in [0.1, 0.15) is 40.0 Å². The van der Waals surface area contributed by atoms with Crippen LogP contribution in [0.2, 0.25) is 0 Å². The highest BCUT2D eigenvalue weighted by Gasteiger charge is 2.20. The first kappa shape index (κ1) is 10.8. The standard InChI is InChI=1S/C10H17Cl/c1-5-6-7-8-9(11)10(2,3)4/h1,9H,6-8H2,2-4H3. The Labute approximate surface area is 75.3 Å². The number of rotatable bonds is 3. The maximum atomic E-state index is 6.12. The van der Waals surface area contributed by atoms with E-state index in [1.54, 1.807) is 0 Å². The molecule has 1 unspecified atom stereocenters. The van der Waals surface area contributed by atoms with Crippen molar-refractivity contribution >= 4 is 11.6 Å². The van der Waals surface area contributed by atoms with Crippen LogP contribution in [0.4, 0.5) is 0 Å². The smallest absolute Gasteiger partial charge is 0.0384 e. The van der Waals surface area contributed by atoms with Gasteiger partial charge in [-0.25, -0.2) is 0 Å². The van der Waals surface area contributed by atoms with Crippen LogP contribution in [0, 0.1) is 17.8 Å². The molecule has 0 rings (SSSR count). The van der Waals surface area contributed by atoms with Gasteiger partial charge in [0.2, 0.25) is 0 Å². The van der Waals surface area contributed by atoms with Crippen molar-refractivity contribution in [3.63, 3.8) is 0 Å². The first-order valence-corrected chi connectivity index (χ1v) is 4.49. The summed E-state index contributed by atoms with van der Waals surface area (Å²) in [6.07, 6.45) is 8.04. The molecule has 0 saturated heterocycles. The van der Waals surface area contributed by atoms with E-state index in [1.807, 2.05) is 0 Å². The van der Waals surface area contributed by atoms with E-state index in [1.165, 1.54) is 0 Å². The molecule has 0 heterocycles. The molecule has 0 N–H and O–H groups in total. The van der Waals surface area contributed by atoms with E-state index >= 15 is 0 Å². The molecule has 0 aromatic heterocycles. The van der Waals surface area contributed by atoms with Crippen LogP contribution in [0.25, 0.3) is 0 Å². The Morgan fingerprint density at radius 2 is 2.00 bits per heavy atom. The van der Waals surface area contributed by atoms with Crippen LogP contribution >= 0.6 is 11.6 Å². The molecular formula is C10H17Cl. The quantitative estimate of drug-likeness (QED) is 0.348. The molecule has 0 fully saturated rings. The number of hydrogen-bond acceptors (Lipinski definition) is 0. The van der Waals surface area contributed by atoms with Crippen LogP contribution in [0.5, 0.6) is 0 Å². The summed E-state index contributed by atoms with van der Waals surface area (Å²) in [5.74, 6) is 2.62. The van der Waals surface area contributed by atoms with Gasteiger partial charge in [0.05, 0.1) is 0 Å². The number of hydrogen-bond donors (Lipinski definition) is 0. The highest BCUT2D eigenvalue weighted by Crippen LogP contribution is 2.28. The predicted molar refractivity (Wildman–Crippen MR) is 51.8 cm³/mol. The molecule has 0 aliphatic rings. The first-order chi connectivity index (χ1) is 4.98. The summed E-state index contributed by atoms with van der Waals surface area (Å²) in [6.45, 7) is 6.46. The summed E-state index contributed by atoms with van der Waals surface area (Å²) in [5, 5.41) is 0.246. The molecule has 64 valence electrons. The normalized spacial score (nSPS) is 14.1. The van der Waals surface area contributed by atoms with Crippen molar-refractivity contribution in [3.8, 4) is 12.3 Å². The molecule has 0 nitrogen and oxygen atoms in total. The van der Waals surface area contributed by atoms with Crippen LogP contribution < -0.4 is 0 Å². The fourth-order valence-electron chi connectivity index (χ4n) is 0.816. The van der Waals surface area contributed by atoms with Gasteiger partial charge in [0.15, 0.2) is 0 Å². The minimum Gasteiger partial charge on any atom is -0.122 e. The van der Waals surface area contributed by atoms with Crippen LogP contribution in [0.15, 0.2) is 0 Å². The zero-order valence-corrected chi connectivity index (χ0v) is 8.41. The second-order valence-corrected chi connectivity index (χ2v) is 4.46. The highest BCUT2D eigenvalue weighted by molar-refractivity contribution is 6.21. The fraction of sp³-hybridized carbons (Fsp3) is 0.800. The third-order valence-corrected chi connectivity index (χ3v) is 2.59. The molecule has 0 bridgehead atoms. The fourth-order valence-corrected chi connectivity index (χ4v) is 0.971. The molecule has 0 aromatic rings. The zero-order chi connectivity index (χ0) is 8.91. The summed E-state index contributed by atoms with van der Waals surface area (Å²) in [7, 11) is 0. The van der Waals surface area contributed by atoms with Crippen molar-refractivity contribution in [3.05, 3.63) is 0 Å². The lowest BCUT2D eigenvalue weighted by Crippen LogP contribution is -2.20. The Morgan fingerprint density at radius 3 is 2.36 bits per heavy atom. The third-order valence-electron chi connectivity index (χ3n) is 1.72. The molecule has 1 heteroatoms. The van der Waals surface area contributed by atoms with E-state index in [0.717, 1.165) is 19.3 Å². The Hall–Kier alpha value is -0.150. The van der Waals surface area contributed by atoms with Gasteiger partial charge in [-0.15, -0.1) is 23.9 Å². The lowest BCUT2D eigenvalue weighted by Gasteiger charge is -2.24. The van der Waals surface area contributed by atoms with E-state index in [4.69, 9.17) is 18.0 Å². The number of halogens is 1. The van der Waals surface area contributed by atoms with Gasteiger partial charge in [0.25, 0.3) is 0 Å². The maximum absolute atomic E-state index is 6.12. The molecule has 0 aliphatic carbocycles. The minimum atomic E-state index is 0.205. The van der Waals surface area contributed by atoms with Gasteiger partial charge in [0.1, 0.15) is 0 Å². The minimum absolute atomic E-state index is 0.205. The number of alkyl halides is 1. The summed E-state index contributed by atoms with van der Waals surface area (Å²) in [6, 6.07) is 0. The van der Waals surface area contributed by atoms with Crippen molar-refractivity contribution in [2.24, 2.45) is 5.41 Å². The molecule has 0 aliphatic heterocycles. The third kappa shape index (κ3) is 5.16. The van der Waals surface area contributed by atoms with Crippen molar-refractivity contribution in [2.45, 2.75) is 45.4 Å².